The summed E-state index contributed by atoms with van der Waals surface area (Å²) < 4.78 is 0. The number of nitrogens with zero attached hydrogens (tertiary/aromatic N) is 3. The maximum absolute atomic E-state index is 12.8. The number of hydrogen-bond acceptors (Lipinski definition) is 4. The van der Waals surface area contributed by atoms with Gasteiger partial charge in [0.25, 0.3) is 0 Å². The second-order valence-electron chi connectivity index (χ2n) is 7.76. The Hall–Kier alpha value is -2.18. The number of carbonyl (C=O) groups excluding carboxylic acids is 1. The predicted octanol–water partition coefficient (Wildman–Crippen LogP) is 4.23. The first kappa shape index (κ1) is 20.1. The standard InChI is InChI=1S/C23H30N4OS/c1-29-22-11-9-19(10-12-22)24-23(28)27-13-5-8-21(18-27)26-16-14-25(15-17-26)20-6-3-2-4-7-20/h2-4,6-7,9-12,21H,5,8,13-18H2,1H3,(H,24,28)/t21-/m0/s1. The van der Waals surface area contributed by atoms with Crippen molar-refractivity contribution in [2.45, 2.75) is 23.8 Å². The molecule has 2 aromatic carbocycles. The molecule has 1 atom stereocenters. The Kier molecular flexibility index (Phi) is 6.62. The first-order valence-electron chi connectivity index (χ1n) is 10.5. The summed E-state index contributed by atoms with van der Waals surface area (Å²) in [5.41, 5.74) is 2.18. The van der Waals surface area contributed by atoms with Crippen molar-refractivity contribution in [2.75, 3.05) is 55.7 Å². The van der Waals surface area contributed by atoms with E-state index in [-0.39, 0.29) is 6.03 Å². The average molecular weight is 411 g/mol. The molecule has 0 bridgehead atoms. The van der Waals surface area contributed by atoms with Gasteiger partial charge in [0.2, 0.25) is 0 Å². The summed E-state index contributed by atoms with van der Waals surface area (Å²) in [6, 6.07) is 19.2. The number of nitrogens with one attached hydrogen (secondary N) is 1. The lowest BCUT2D eigenvalue weighted by Gasteiger charge is -2.43. The zero-order valence-electron chi connectivity index (χ0n) is 17.1. The fourth-order valence-corrected chi connectivity index (χ4v) is 4.71. The van der Waals surface area contributed by atoms with Gasteiger partial charge in [-0.1, -0.05) is 18.2 Å². The topological polar surface area (TPSA) is 38.8 Å². The molecule has 5 nitrogen and oxygen atoms in total. The quantitative estimate of drug-likeness (QED) is 0.766. The molecule has 6 heteroatoms. The molecule has 4 rings (SSSR count). The summed E-state index contributed by atoms with van der Waals surface area (Å²) >= 11 is 1.71. The number of amides is 2. The van der Waals surface area contributed by atoms with E-state index >= 15 is 0 Å². The largest absolute Gasteiger partial charge is 0.369 e. The van der Waals surface area contributed by atoms with E-state index in [1.165, 1.54) is 17.0 Å². The van der Waals surface area contributed by atoms with Crippen LogP contribution in [-0.4, -0.2) is 67.4 Å². The van der Waals surface area contributed by atoms with Gasteiger partial charge in [-0.05, 0) is 55.5 Å². The third-order valence-corrected chi connectivity index (χ3v) is 6.72. The molecule has 0 aromatic heterocycles. The van der Waals surface area contributed by atoms with E-state index in [9.17, 15) is 4.79 Å². The molecule has 0 saturated carbocycles. The minimum Gasteiger partial charge on any atom is -0.369 e. The Morgan fingerprint density at radius 2 is 1.69 bits per heavy atom. The number of piperazine rings is 1. The highest BCUT2D eigenvalue weighted by Crippen LogP contribution is 2.22. The van der Waals surface area contributed by atoms with Gasteiger partial charge in [0.15, 0.2) is 0 Å². The summed E-state index contributed by atoms with van der Waals surface area (Å²) in [5.74, 6) is 0. The van der Waals surface area contributed by atoms with Crippen molar-refractivity contribution < 1.29 is 4.79 Å². The van der Waals surface area contributed by atoms with Crippen LogP contribution in [0.4, 0.5) is 16.2 Å². The number of para-hydroxylation sites is 1. The lowest BCUT2D eigenvalue weighted by Crippen LogP contribution is -2.56. The van der Waals surface area contributed by atoms with Crippen LogP contribution >= 0.6 is 11.8 Å². The number of anilines is 2. The van der Waals surface area contributed by atoms with Gasteiger partial charge in [0.1, 0.15) is 0 Å². The molecule has 2 heterocycles. The third kappa shape index (κ3) is 5.06. The van der Waals surface area contributed by atoms with Gasteiger partial charge in [-0.25, -0.2) is 4.79 Å². The number of piperidine rings is 1. The Bertz CT molecular complexity index is 790. The third-order valence-electron chi connectivity index (χ3n) is 5.98. The van der Waals surface area contributed by atoms with Crippen molar-refractivity contribution in [2.24, 2.45) is 0 Å². The molecule has 2 aromatic rings. The molecule has 1 N–H and O–H groups in total. The van der Waals surface area contributed by atoms with Gasteiger partial charge in [-0.3, -0.25) is 4.90 Å². The number of carbonyl (C=O) groups is 1. The van der Waals surface area contributed by atoms with Crippen LogP contribution in [0.15, 0.2) is 59.5 Å². The maximum Gasteiger partial charge on any atom is 0.321 e. The predicted molar refractivity (Wildman–Crippen MR) is 122 cm³/mol. The van der Waals surface area contributed by atoms with Gasteiger partial charge < -0.3 is 15.1 Å². The zero-order valence-corrected chi connectivity index (χ0v) is 17.9. The molecule has 2 amide bonds. The average Bonchev–Trinajstić information content (AvgIpc) is 2.80. The summed E-state index contributed by atoms with van der Waals surface area (Å²) in [6.07, 6.45) is 4.31. The molecule has 2 aliphatic heterocycles. The molecular formula is C23H30N4OS. The maximum atomic E-state index is 12.8. The fraction of sp³-hybridized carbons (Fsp3) is 0.435. The molecule has 0 radical (unpaired) electrons. The van der Waals surface area contributed by atoms with Crippen LogP contribution in [0, 0.1) is 0 Å². The van der Waals surface area contributed by atoms with Crippen LogP contribution < -0.4 is 10.2 Å². The van der Waals surface area contributed by atoms with E-state index < -0.39 is 0 Å². The van der Waals surface area contributed by atoms with Crippen LogP contribution in [0.25, 0.3) is 0 Å². The van der Waals surface area contributed by atoms with Crippen molar-refractivity contribution in [3.8, 4) is 0 Å². The van der Waals surface area contributed by atoms with Crippen LogP contribution in [-0.2, 0) is 0 Å². The van der Waals surface area contributed by atoms with Gasteiger partial charge in [0.05, 0.1) is 0 Å². The van der Waals surface area contributed by atoms with Crippen molar-refractivity contribution in [1.29, 1.82) is 0 Å². The van der Waals surface area contributed by atoms with Gasteiger partial charge in [-0.15, -0.1) is 11.8 Å². The number of benzene rings is 2. The Labute approximate surface area is 178 Å². The molecule has 2 saturated heterocycles. The highest BCUT2D eigenvalue weighted by atomic mass is 32.2. The molecule has 29 heavy (non-hydrogen) atoms. The van der Waals surface area contributed by atoms with Gasteiger partial charge in [0, 0.05) is 61.6 Å². The number of likely N-dealkylation sites (tertiary alicyclic amines) is 1. The van der Waals surface area contributed by atoms with Crippen molar-refractivity contribution in [3.05, 3.63) is 54.6 Å². The van der Waals surface area contributed by atoms with Crippen molar-refractivity contribution in [3.63, 3.8) is 0 Å². The van der Waals surface area contributed by atoms with E-state index in [0.29, 0.717) is 6.04 Å². The van der Waals surface area contributed by atoms with E-state index in [2.05, 4.69) is 51.7 Å². The van der Waals surface area contributed by atoms with Crippen LogP contribution in [0.5, 0.6) is 0 Å². The van der Waals surface area contributed by atoms with Crippen LogP contribution in [0.3, 0.4) is 0 Å². The second-order valence-corrected chi connectivity index (χ2v) is 8.64. The molecule has 2 fully saturated rings. The zero-order chi connectivity index (χ0) is 20.1. The Morgan fingerprint density at radius 1 is 0.966 bits per heavy atom. The molecule has 2 aliphatic rings. The number of hydrogen-bond donors (Lipinski definition) is 1. The molecule has 0 aliphatic carbocycles. The van der Waals surface area contributed by atoms with E-state index in [1.54, 1.807) is 11.8 Å². The first-order valence-corrected chi connectivity index (χ1v) is 11.7. The molecule has 0 spiro atoms. The summed E-state index contributed by atoms with van der Waals surface area (Å²) in [5, 5.41) is 3.07. The SMILES string of the molecule is CSc1ccc(NC(=O)N2CCC[C@H](N3CCN(c4ccccc4)CC3)C2)cc1. The smallest absolute Gasteiger partial charge is 0.321 e. The van der Waals surface area contributed by atoms with Crippen molar-refractivity contribution in [1.82, 2.24) is 9.80 Å². The fourth-order valence-electron chi connectivity index (χ4n) is 4.30. The van der Waals surface area contributed by atoms with Crippen LogP contribution in [0.2, 0.25) is 0 Å². The number of urea groups is 1. The van der Waals surface area contributed by atoms with E-state index in [0.717, 1.165) is 51.4 Å². The molecule has 154 valence electrons. The monoisotopic (exact) mass is 410 g/mol. The minimum absolute atomic E-state index is 0.0227. The number of rotatable bonds is 4. The first-order chi connectivity index (χ1) is 14.2. The highest BCUT2D eigenvalue weighted by molar-refractivity contribution is 7.98. The summed E-state index contributed by atoms with van der Waals surface area (Å²) in [4.78, 5) is 21.0. The highest BCUT2D eigenvalue weighted by Gasteiger charge is 2.30. The summed E-state index contributed by atoms with van der Waals surface area (Å²) in [6.45, 7) is 5.88. The Morgan fingerprint density at radius 3 is 2.38 bits per heavy atom. The van der Waals surface area contributed by atoms with Crippen molar-refractivity contribution >= 4 is 29.2 Å². The van der Waals surface area contributed by atoms with Gasteiger partial charge >= 0.3 is 6.03 Å². The normalized spacial score (nSPS) is 20.5. The van der Waals surface area contributed by atoms with E-state index in [1.807, 2.05) is 29.2 Å². The number of thioether (sulfide) groups is 1. The second kappa shape index (κ2) is 9.55. The van der Waals surface area contributed by atoms with Gasteiger partial charge in [-0.2, -0.15) is 0 Å². The van der Waals surface area contributed by atoms with Crippen LogP contribution in [0.1, 0.15) is 12.8 Å². The van der Waals surface area contributed by atoms with E-state index in [4.69, 9.17) is 0 Å². The lowest BCUT2D eigenvalue weighted by atomic mass is 10.0. The lowest BCUT2D eigenvalue weighted by molar-refractivity contribution is 0.108. The molecular weight excluding hydrogens is 380 g/mol. The summed E-state index contributed by atoms with van der Waals surface area (Å²) in [7, 11) is 0. The molecule has 0 unspecified atom stereocenters. The minimum atomic E-state index is 0.0227. The Balaban J connectivity index is 1.29.